The van der Waals surface area contributed by atoms with E-state index in [-0.39, 0.29) is 22.8 Å². The number of rotatable bonds is 8. The lowest BCUT2D eigenvalue weighted by Gasteiger charge is -2.08. The van der Waals surface area contributed by atoms with Crippen LogP contribution >= 0.6 is 0 Å². The second kappa shape index (κ2) is 9.77. The molecule has 2 aromatic heterocycles. The van der Waals surface area contributed by atoms with Gasteiger partial charge in [-0.3, -0.25) is 9.59 Å². The van der Waals surface area contributed by atoms with Crippen molar-refractivity contribution in [1.29, 1.82) is 0 Å². The van der Waals surface area contributed by atoms with E-state index < -0.39 is 5.91 Å². The Labute approximate surface area is 191 Å². The van der Waals surface area contributed by atoms with Gasteiger partial charge in [0.05, 0.1) is 10.9 Å². The lowest BCUT2D eigenvalue weighted by atomic mass is 10.1. The molecule has 0 atom stereocenters. The second-order valence-electron chi connectivity index (χ2n) is 7.98. The van der Waals surface area contributed by atoms with Crippen LogP contribution in [0.25, 0.3) is 21.7 Å². The van der Waals surface area contributed by atoms with E-state index in [1.165, 1.54) is 4.68 Å². The van der Waals surface area contributed by atoms with E-state index in [1.807, 2.05) is 31.2 Å². The normalized spacial score (nSPS) is 11.7. The number of aromatic nitrogens is 3. The molecule has 0 bridgehead atoms. The van der Waals surface area contributed by atoms with Gasteiger partial charge in [-0.1, -0.05) is 63.1 Å². The second-order valence-corrected chi connectivity index (χ2v) is 7.98. The third-order valence-electron chi connectivity index (χ3n) is 5.69. The first-order valence-corrected chi connectivity index (χ1v) is 11.3. The minimum absolute atomic E-state index is 0.0214. The van der Waals surface area contributed by atoms with Gasteiger partial charge in [-0.2, -0.15) is 5.10 Å². The first-order valence-electron chi connectivity index (χ1n) is 11.3. The number of hydrogen-bond acceptors (Lipinski definition) is 5. The summed E-state index contributed by atoms with van der Waals surface area (Å²) in [6.07, 6.45) is 3.54. The number of aromatic hydroxyl groups is 1. The van der Waals surface area contributed by atoms with E-state index in [0.29, 0.717) is 29.2 Å². The van der Waals surface area contributed by atoms with Crippen LogP contribution in [0.5, 0.6) is 5.88 Å². The van der Waals surface area contributed by atoms with Crippen molar-refractivity contribution >= 4 is 33.3 Å². The summed E-state index contributed by atoms with van der Waals surface area (Å²) in [6.45, 7) is 5.17. The predicted molar refractivity (Wildman–Crippen MR) is 128 cm³/mol. The van der Waals surface area contributed by atoms with Crippen LogP contribution in [0, 0.1) is 0 Å². The fourth-order valence-corrected chi connectivity index (χ4v) is 3.91. The van der Waals surface area contributed by atoms with E-state index in [4.69, 9.17) is 0 Å². The zero-order valence-corrected chi connectivity index (χ0v) is 18.9. The Bertz CT molecular complexity index is 1400. The maximum absolute atomic E-state index is 13.1. The van der Waals surface area contributed by atoms with Crippen LogP contribution in [-0.2, 0) is 13.1 Å². The Kier molecular flexibility index (Phi) is 6.63. The van der Waals surface area contributed by atoms with Gasteiger partial charge in [-0.25, -0.2) is 4.68 Å². The Hall–Kier alpha value is -3.81. The van der Waals surface area contributed by atoms with Crippen molar-refractivity contribution in [2.75, 3.05) is 0 Å². The van der Waals surface area contributed by atoms with Crippen molar-refractivity contribution in [2.45, 2.75) is 52.6 Å². The van der Waals surface area contributed by atoms with Crippen LogP contribution in [0.4, 0.5) is 5.69 Å². The number of fused-ring (bicyclic) bond motifs is 2. The summed E-state index contributed by atoms with van der Waals surface area (Å²) in [5.74, 6) is -0.687. The van der Waals surface area contributed by atoms with Crippen molar-refractivity contribution in [3.05, 3.63) is 64.6 Å². The number of unbranched alkanes of at least 4 members (excludes halogenated alkanes) is 2. The van der Waals surface area contributed by atoms with Gasteiger partial charge >= 0.3 is 5.91 Å². The van der Waals surface area contributed by atoms with Gasteiger partial charge in [-0.15, -0.1) is 10.2 Å². The van der Waals surface area contributed by atoms with E-state index in [9.17, 15) is 14.7 Å². The van der Waals surface area contributed by atoms with Crippen LogP contribution < -0.4 is 5.56 Å². The molecule has 0 saturated carbocycles. The number of hydrogen-bond donors (Lipinski definition) is 1. The van der Waals surface area contributed by atoms with E-state index in [0.717, 1.165) is 31.2 Å². The highest BCUT2D eigenvalue weighted by Crippen LogP contribution is 2.39. The molecule has 8 nitrogen and oxygen atoms in total. The fraction of sp³-hybridized carbons (Fsp3) is 0.320. The number of nitrogens with zero attached hydrogens (tertiary/aromatic N) is 5. The highest BCUT2D eigenvalue weighted by Gasteiger charge is 2.19. The first-order chi connectivity index (χ1) is 16.1. The lowest BCUT2D eigenvalue weighted by Crippen LogP contribution is -2.25. The average Bonchev–Trinajstić information content (AvgIpc) is 3.11. The van der Waals surface area contributed by atoms with E-state index in [1.54, 1.807) is 28.8 Å². The molecule has 170 valence electrons. The highest BCUT2D eigenvalue weighted by molar-refractivity contribution is 6.05. The van der Waals surface area contributed by atoms with Gasteiger partial charge < -0.3 is 9.67 Å². The zero-order valence-electron chi connectivity index (χ0n) is 18.9. The van der Waals surface area contributed by atoms with Crippen LogP contribution in [0.2, 0.25) is 0 Å². The monoisotopic (exact) mass is 445 g/mol. The van der Waals surface area contributed by atoms with Crippen LogP contribution in [0.15, 0.2) is 63.6 Å². The van der Waals surface area contributed by atoms with Crippen molar-refractivity contribution in [2.24, 2.45) is 10.2 Å². The van der Waals surface area contributed by atoms with Crippen LogP contribution in [0.1, 0.15) is 50.0 Å². The number of carbonyl (C=O) groups excluding carboxylic acids is 1. The topological polar surface area (TPSA) is 102 Å². The molecule has 0 radical (unpaired) electrons. The van der Waals surface area contributed by atoms with Crippen molar-refractivity contribution in [1.82, 2.24) is 14.3 Å². The first kappa shape index (κ1) is 22.4. The highest BCUT2D eigenvalue weighted by atomic mass is 16.3. The molecule has 4 rings (SSSR count). The summed E-state index contributed by atoms with van der Waals surface area (Å²) in [5.41, 5.74) is 0.920. The molecule has 4 aromatic rings. The molecule has 0 aliphatic carbocycles. The molecule has 1 amide bonds. The number of amides is 1. The Morgan fingerprint density at radius 2 is 1.58 bits per heavy atom. The van der Waals surface area contributed by atoms with Gasteiger partial charge in [0.2, 0.25) is 5.88 Å². The molecule has 2 heterocycles. The Morgan fingerprint density at radius 3 is 2.30 bits per heavy atom. The van der Waals surface area contributed by atoms with Crippen LogP contribution in [0.3, 0.4) is 0 Å². The minimum atomic E-state index is -0.666. The summed E-state index contributed by atoms with van der Waals surface area (Å²) >= 11 is 0. The minimum Gasteiger partial charge on any atom is -0.493 e. The predicted octanol–water partition coefficient (Wildman–Crippen LogP) is 5.58. The van der Waals surface area contributed by atoms with Crippen molar-refractivity contribution < 1.29 is 9.90 Å². The summed E-state index contributed by atoms with van der Waals surface area (Å²) in [5, 5.41) is 24.7. The third kappa shape index (κ3) is 4.28. The smallest absolute Gasteiger partial charge is 0.316 e. The molecule has 0 unspecified atom stereocenters. The molecule has 1 N–H and O–H groups in total. The third-order valence-corrected chi connectivity index (χ3v) is 5.69. The quantitative estimate of drug-likeness (QED) is 0.358. The SMILES string of the molecule is CCCCn1nc(C(=O)N=Nc2c(O)n(CCCC)c3ccccc23)c2ccccc2c1=O. The molecular weight excluding hydrogens is 418 g/mol. The zero-order chi connectivity index (χ0) is 23.4. The van der Waals surface area contributed by atoms with E-state index >= 15 is 0 Å². The summed E-state index contributed by atoms with van der Waals surface area (Å²) in [7, 11) is 0. The average molecular weight is 446 g/mol. The van der Waals surface area contributed by atoms with Crippen molar-refractivity contribution in [3.8, 4) is 5.88 Å². The number of aryl methyl sites for hydroxylation is 2. The molecular formula is C25H27N5O3. The molecule has 8 heteroatoms. The van der Waals surface area contributed by atoms with Gasteiger partial charge in [-0.05, 0) is 25.0 Å². The maximum atomic E-state index is 13.1. The number of carbonyl (C=O) groups is 1. The van der Waals surface area contributed by atoms with E-state index in [2.05, 4.69) is 22.3 Å². The van der Waals surface area contributed by atoms with Crippen LogP contribution in [-0.4, -0.2) is 25.4 Å². The van der Waals surface area contributed by atoms with Gasteiger partial charge in [0.1, 0.15) is 0 Å². The molecule has 0 aliphatic rings. The number of azo groups is 1. The molecule has 2 aromatic carbocycles. The maximum Gasteiger partial charge on any atom is 0.316 e. The molecule has 33 heavy (non-hydrogen) atoms. The summed E-state index contributed by atoms with van der Waals surface area (Å²) in [4.78, 5) is 25.8. The molecule has 0 spiro atoms. The molecule has 0 aliphatic heterocycles. The molecule has 0 saturated heterocycles. The lowest BCUT2D eigenvalue weighted by molar-refractivity contribution is 0.0989. The van der Waals surface area contributed by atoms with Crippen molar-refractivity contribution in [3.63, 3.8) is 0 Å². The van der Waals surface area contributed by atoms with Gasteiger partial charge in [0.15, 0.2) is 11.4 Å². The Morgan fingerprint density at radius 1 is 0.939 bits per heavy atom. The molecule has 0 fully saturated rings. The van der Waals surface area contributed by atoms with Gasteiger partial charge in [0.25, 0.3) is 5.56 Å². The summed E-state index contributed by atoms with van der Waals surface area (Å²) < 4.78 is 3.11. The van der Waals surface area contributed by atoms with Gasteiger partial charge in [0, 0.05) is 23.9 Å². The largest absolute Gasteiger partial charge is 0.493 e. The standard InChI is InChI=1S/C25H27N5O3/c1-3-5-15-29-20-14-10-9-13-19(20)22(25(29)33)26-27-23(31)21-17-11-7-8-12-18(17)24(32)30(28-21)16-6-4-2/h7-14,33H,3-6,15-16H2,1-2H3. The Balaban J connectivity index is 1.77. The number of para-hydroxylation sites is 1. The fourth-order valence-electron chi connectivity index (χ4n) is 3.91. The summed E-state index contributed by atoms with van der Waals surface area (Å²) in [6, 6.07) is 14.4. The number of benzene rings is 2.